The first kappa shape index (κ1) is 12.5. The molecule has 4 heteroatoms. The van der Waals surface area contributed by atoms with Crippen LogP contribution >= 0.6 is 0 Å². The van der Waals surface area contributed by atoms with E-state index in [-0.39, 0.29) is 23.8 Å². The first-order chi connectivity index (χ1) is 7.06. The normalized spacial score (nSPS) is 25.3. The standard InChI is InChI=1S/C11H22N2O2/c1-8(3-5-12)11(15)13-6-4-10(7-13)9(2)14/h8-10,14H,3-7,12H2,1-2H3. The van der Waals surface area contributed by atoms with Gasteiger partial charge in [0.2, 0.25) is 5.91 Å². The molecule has 0 aliphatic carbocycles. The lowest BCUT2D eigenvalue weighted by atomic mass is 10.0. The summed E-state index contributed by atoms with van der Waals surface area (Å²) in [6, 6.07) is 0. The number of aliphatic hydroxyl groups excluding tert-OH is 1. The number of hydrogen-bond acceptors (Lipinski definition) is 3. The number of likely N-dealkylation sites (tertiary alicyclic amines) is 1. The molecule has 1 saturated heterocycles. The Labute approximate surface area is 91.4 Å². The molecule has 0 radical (unpaired) electrons. The Hall–Kier alpha value is -0.610. The minimum absolute atomic E-state index is 0.0164. The van der Waals surface area contributed by atoms with Gasteiger partial charge in [0, 0.05) is 24.9 Å². The molecule has 0 aromatic rings. The van der Waals surface area contributed by atoms with Crippen LogP contribution in [0.15, 0.2) is 0 Å². The third-order valence-corrected chi connectivity index (χ3v) is 3.24. The quantitative estimate of drug-likeness (QED) is 0.702. The highest BCUT2D eigenvalue weighted by Gasteiger charge is 2.30. The minimum atomic E-state index is -0.312. The minimum Gasteiger partial charge on any atom is -0.393 e. The third-order valence-electron chi connectivity index (χ3n) is 3.24. The zero-order valence-corrected chi connectivity index (χ0v) is 9.65. The summed E-state index contributed by atoms with van der Waals surface area (Å²) >= 11 is 0. The van der Waals surface area contributed by atoms with Gasteiger partial charge in [0.1, 0.15) is 0 Å². The zero-order valence-electron chi connectivity index (χ0n) is 9.65. The van der Waals surface area contributed by atoms with E-state index in [0.29, 0.717) is 13.1 Å². The van der Waals surface area contributed by atoms with Gasteiger partial charge >= 0.3 is 0 Å². The van der Waals surface area contributed by atoms with Crippen molar-refractivity contribution in [3.05, 3.63) is 0 Å². The van der Waals surface area contributed by atoms with Gasteiger partial charge in [0.25, 0.3) is 0 Å². The highest BCUT2D eigenvalue weighted by atomic mass is 16.3. The Bertz CT molecular complexity index is 219. The van der Waals surface area contributed by atoms with Crippen molar-refractivity contribution in [3.8, 4) is 0 Å². The Morgan fingerprint density at radius 3 is 2.73 bits per heavy atom. The molecule has 1 aliphatic rings. The largest absolute Gasteiger partial charge is 0.393 e. The highest BCUT2D eigenvalue weighted by molar-refractivity contribution is 5.78. The fraction of sp³-hybridized carbons (Fsp3) is 0.909. The lowest BCUT2D eigenvalue weighted by Crippen LogP contribution is -2.35. The first-order valence-corrected chi connectivity index (χ1v) is 5.73. The van der Waals surface area contributed by atoms with E-state index in [9.17, 15) is 9.90 Å². The van der Waals surface area contributed by atoms with E-state index in [1.54, 1.807) is 6.92 Å². The summed E-state index contributed by atoms with van der Waals surface area (Å²) in [5.74, 6) is 0.449. The summed E-state index contributed by atoms with van der Waals surface area (Å²) in [4.78, 5) is 13.8. The average Bonchev–Trinajstić information content (AvgIpc) is 2.65. The second-order valence-corrected chi connectivity index (χ2v) is 4.55. The number of aliphatic hydroxyl groups is 1. The maximum absolute atomic E-state index is 11.9. The van der Waals surface area contributed by atoms with Crippen LogP contribution < -0.4 is 5.73 Å². The Balaban J connectivity index is 2.42. The zero-order chi connectivity index (χ0) is 11.4. The average molecular weight is 214 g/mol. The van der Waals surface area contributed by atoms with Crippen molar-refractivity contribution < 1.29 is 9.90 Å². The Morgan fingerprint density at radius 1 is 1.60 bits per heavy atom. The van der Waals surface area contributed by atoms with Crippen LogP contribution in [0.4, 0.5) is 0 Å². The number of rotatable bonds is 4. The van der Waals surface area contributed by atoms with Gasteiger partial charge in [-0.1, -0.05) is 6.92 Å². The van der Waals surface area contributed by atoms with Crippen LogP contribution in [-0.4, -0.2) is 41.7 Å². The molecular formula is C11H22N2O2. The maximum atomic E-state index is 11.9. The van der Waals surface area contributed by atoms with E-state index in [1.807, 2.05) is 11.8 Å². The molecule has 0 aromatic heterocycles. The molecule has 1 heterocycles. The van der Waals surface area contributed by atoms with Crippen LogP contribution in [-0.2, 0) is 4.79 Å². The molecule has 3 atom stereocenters. The molecule has 3 unspecified atom stereocenters. The lowest BCUT2D eigenvalue weighted by Gasteiger charge is -2.21. The number of nitrogens with zero attached hydrogens (tertiary/aromatic N) is 1. The number of nitrogens with two attached hydrogens (primary N) is 1. The number of carbonyl (C=O) groups excluding carboxylic acids is 1. The fourth-order valence-electron chi connectivity index (χ4n) is 2.07. The summed E-state index contributed by atoms with van der Waals surface area (Å²) in [5.41, 5.74) is 5.43. The van der Waals surface area contributed by atoms with Crippen LogP contribution in [0.1, 0.15) is 26.7 Å². The summed E-state index contributed by atoms with van der Waals surface area (Å²) in [6.45, 7) is 5.75. The second kappa shape index (κ2) is 5.47. The van der Waals surface area contributed by atoms with Gasteiger partial charge in [-0.3, -0.25) is 4.79 Å². The summed E-state index contributed by atoms with van der Waals surface area (Å²) in [7, 11) is 0. The van der Waals surface area contributed by atoms with E-state index in [1.165, 1.54) is 0 Å². The van der Waals surface area contributed by atoms with Crippen molar-refractivity contribution >= 4 is 5.91 Å². The van der Waals surface area contributed by atoms with Crippen LogP contribution in [0.3, 0.4) is 0 Å². The lowest BCUT2D eigenvalue weighted by molar-refractivity contribution is -0.134. The van der Waals surface area contributed by atoms with Gasteiger partial charge in [-0.15, -0.1) is 0 Å². The van der Waals surface area contributed by atoms with Crippen molar-refractivity contribution in [2.45, 2.75) is 32.8 Å². The number of carbonyl (C=O) groups is 1. The van der Waals surface area contributed by atoms with Crippen LogP contribution in [0.5, 0.6) is 0 Å². The topological polar surface area (TPSA) is 66.6 Å². The molecule has 0 saturated carbocycles. The van der Waals surface area contributed by atoms with Crippen LogP contribution in [0.2, 0.25) is 0 Å². The van der Waals surface area contributed by atoms with Crippen LogP contribution in [0, 0.1) is 11.8 Å². The Kier molecular flexibility index (Phi) is 4.54. The van der Waals surface area contributed by atoms with E-state index >= 15 is 0 Å². The molecule has 4 nitrogen and oxygen atoms in total. The van der Waals surface area contributed by atoms with Crippen molar-refractivity contribution in [1.29, 1.82) is 0 Å². The summed E-state index contributed by atoms with van der Waals surface area (Å²) < 4.78 is 0. The summed E-state index contributed by atoms with van der Waals surface area (Å²) in [5, 5.41) is 9.44. The molecule has 1 aliphatic heterocycles. The van der Waals surface area contributed by atoms with E-state index in [2.05, 4.69) is 0 Å². The molecular weight excluding hydrogens is 192 g/mol. The Morgan fingerprint density at radius 2 is 2.27 bits per heavy atom. The second-order valence-electron chi connectivity index (χ2n) is 4.55. The molecule has 1 rings (SSSR count). The van der Waals surface area contributed by atoms with Crippen LogP contribution in [0.25, 0.3) is 0 Å². The SMILES string of the molecule is CC(CCN)C(=O)N1CCC(C(C)O)C1. The van der Waals surface area contributed by atoms with Crippen molar-refractivity contribution in [2.24, 2.45) is 17.6 Å². The maximum Gasteiger partial charge on any atom is 0.225 e. The monoisotopic (exact) mass is 214 g/mol. The van der Waals surface area contributed by atoms with Gasteiger partial charge in [-0.25, -0.2) is 0 Å². The molecule has 88 valence electrons. The van der Waals surface area contributed by atoms with Gasteiger partial charge in [-0.05, 0) is 26.3 Å². The predicted molar refractivity (Wildman–Crippen MR) is 59.2 cm³/mol. The van der Waals surface area contributed by atoms with Gasteiger partial charge in [-0.2, -0.15) is 0 Å². The molecule has 1 amide bonds. The molecule has 0 aromatic carbocycles. The van der Waals surface area contributed by atoms with Gasteiger partial charge < -0.3 is 15.7 Å². The highest BCUT2D eigenvalue weighted by Crippen LogP contribution is 2.21. The van der Waals surface area contributed by atoms with E-state index < -0.39 is 0 Å². The van der Waals surface area contributed by atoms with Crippen molar-refractivity contribution in [3.63, 3.8) is 0 Å². The molecule has 1 fully saturated rings. The van der Waals surface area contributed by atoms with Crippen molar-refractivity contribution in [1.82, 2.24) is 4.90 Å². The predicted octanol–water partition coefficient (Wildman–Crippen LogP) is 0.201. The van der Waals surface area contributed by atoms with Gasteiger partial charge in [0.15, 0.2) is 0 Å². The van der Waals surface area contributed by atoms with Crippen molar-refractivity contribution in [2.75, 3.05) is 19.6 Å². The third kappa shape index (κ3) is 3.18. The number of amides is 1. The van der Waals surface area contributed by atoms with Gasteiger partial charge in [0.05, 0.1) is 6.10 Å². The first-order valence-electron chi connectivity index (χ1n) is 5.73. The molecule has 0 spiro atoms. The number of hydrogen-bond donors (Lipinski definition) is 2. The molecule has 0 bridgehead atoms. The molecule has 3 N–H and O–H groups in total. The van der Waals surface area contributed by atoms with E-state index in [0.717, 1.165) is 19.4 Å². The summed E-state index contributed by atoms with van der Waals surface area (Å²) in [6.07, 6.45) is 1.35. The smallest absolute Gasteiger partial charge is 0.225 e. The fourth-order valence-corrected chi connectivity index (χ4v) is 2.07. The van der Waals surface area contributed by atoms with E-state index in [4.69, 9.17) is 5.73 Å². The molecule has 15 heavy (non-hydrogen) atoms.